The van der Waals surface area contributed by atoms with Crippen molar-refractivity contribution in [3.8, 4) is 0 Å². The van der Waals surface area contributed by atoms with Crippen molar-refractivity contribution >= 4 is 17.8 Å². The van der Waals surface area contributed by atoms with Gasteiger partial charge < -0.3 is 24.4 Å². The molecule has 0 saturated carbocycles. The van der Waals surface area contributed by atoms with Crippen LogP contribution in [0.25, 0.3) is 0 Å². The maximum atomic E-state index is 14.4. The summed E-state index contributed by atoms with van der Waals surface area (Å²) in [5.74, 6) is -2.59. The number of ether oxygens (including phenoxy) is 2. The molecule has 3 aliphatic heterocycles. The average Bonchev–Trinajstić information content (AvgIpc) is 3.41. The molecule has 1 N–H and O–H groups in total. The van der Waals surface area contributed by atoms with Crippen LogP contribution in [0.5, 0.6) is 0 Å². The Morgan fingerprint density at radius 2 is 1.95 bits per heavy atom. The van der Waals surface area contributed by atoms with E-state index >= 15 is 0 Å². The van der Waals surface area contributed by atoms with Gasteiger partial charge in [0.15, 0.2) is 0 Å². The van der Waals surface area contributed by atoms with Gasteiger partial charge in [0.1, 0.15) is 24.2 Å². The van der Waals surface area contributed by atoms with Crippen molar-refractivity contribution in [1.82, 2.24) is 9.80 Å². The van der Waals surface area contributed by atoms with E-state index in [4.69, 9.17) is 9.47 Å². The van der Waals surface area contributed by atoms with E-state index in [2.05, 4.69) is 13.2 Å². The number of benzene rings is 1. The van der Waals surface area contributed by atoms with E-state index in [0.717, 1.165) is 12.0 Å². The first kappa shape index (κ1) is 28.0. The number of hydrogen-bond acceptors (Lipinski definition) is 6. The topological polar surface area (TPSA) is 96.4 Å². The van der Waals surface area contributed by atoms with Crippen molar-refractivity contribution in [2.45, 2.75) is 63.3 Å². The van der Waals surface area contributed by atoms with Crippen LogP contribution < -0.4 is 0 Å². The molecular weight excluding hydrogens is 484 g/mol. The van der Waals surface area contributed by atoms with Crippen LogP contribution >= 0.6 is 0 Å². The second kappa shape index (κ2) is 11.4. The Hall–Kier alpha value is -2.97. The fourth-order valence-electron chi connectivity index (χ4n) is 6.78. The maximum absolute atomic E-state index is 14.4. The molecule has 6 atom stereocenters. The molecule has 3 fully saturated rings. The molecule has 3 heterocycles. The van der Waals surface area contributed by atoms with Gasteiger partial charge in [-0.15, -0.1) is 6.58 Å². The normalized spacial score (nSPS) is 31.2. The monoisotopic (exact) mass is 524 g/mol. The molecule has 8 heteroatoms. The van der Waals surface area contributed by atoms with Crippen molar-refractivity contribution < 1.29 is 29.0 Å². The van der Waals surface area contributed by atoms with E-state index in [1.165, 1.54) is 6.08 Å². The second-order valence-electron chi connectivity index (χ2n) is 10.9. The Labute approximate surface area is 225 Å². The van der Waals surface area contributed by atoms with Gasteiger partial charge in [0.25, 0.3) is 0 Å². The molecule has 3 saturated heterocycles. The van der Waals surface area contributed by atoms with E-state index in [0.29, 0.717) is 38.9 Å². The zero-order chi connectivity index (χ0) is 27.5. The molecule has 206 valence electrons. The minimum absolute atomic E-state index is 0.0468. The highest BCUT2D eigenvalue weighted by molar-refractivity contribution is 5.98. The largest absolute Gasteiger partial charge is 0.461 e. The zero-order valence-corrected chi connectivity index (χ0v) is 22.5. The Bertz CT molecular complexity index is 1060. The Balaban J connectivity index is 1.73. The Morgan fingerprint density at radius 3 is 2.61 bits per heavy atom. The first-order chi connectivity index (χ1) is 18.2. The fourth-order valence-corrected chi connectivity index (χ4v) is 6.78. The lowest BCUT2D eigenvalue weighted by molar-refractivity contribution is -0.161. The van der Waals surface area contributed by atoms with Crippen LogP contribution in [0.15, 0.2) is 55.6 Å². The first-order valence-electron chi connectivity index (χ1n) is 13.6. The molecule has 4 rings (SSSR count). The number of rotatable bonds is 13. The van der Waals surface area contributed by atoms with Crippen molar-refractivity contribution in [2.24, 2.45) is 17.8 Å². The predicted octanol–water partition coefficient (Wildman–Crippen LogP) is 3.10. The molecule has 2 amide bonds. The highest BCUT2D eigenvalue weighted by Crippen LogP contribution is 2.65. The number of likely N-dealkylation sites (tertiary alicyclic amines) is 1. The SMILES string of the molecule is C=CCOC(=O)[C@@H]1[C@H]2C(=O)N(CCCCCO)C(C(=O)N(CC=C)Cc3ccccc3)C23CC(C)[C@@]1(C)O3. The standard InChI is InChI=1S/C30H40N2O6/c1-5-15-31(20-22-13-9-7-10-14-22)27(35)25-30-19-21(3)29(4,38-30)24(28(36)37-18-6-2)23(30)26(34)32(25)16-11-8-12-17-33/h5-7,9-10,13-14,21,23-25,33H,1-2,8,11-12,15-20H2,3-4H3/t21?,23-,24-,25?,29+,30?/m0/s1. The van der Waals surface area contributed by atoms with Gasteiger partial charge in [-0.25, -0.2) is 0 Å². The number of amides is 2. The molecule has 1 aromatic carbocycles. The number of fused-ring (bicyclic) bond motifs is 1. The second-order valence-corrected chi connectivity index (χ2v) is 10.9. The van der Waals surface area contributed by atoms with Crippen LogP contribution in [0, 0.1) is 17.8 Å². The van der Waals surface area contributed by atoms with Crippen LogP contribution in [0.3, 0.4) is 0 Å². The fraction of sp³-hybridized carbons (Fsp3) is 0.567. The van der Waals surface area contributed by atoms with Gasteiger partial charge in [-0.05, 0) is 44.1 Å². The van der Waals surface area contributed by atoms with Crippen LogP contribution in [0.4, 0.5) is 0 Å². The van der Waals surface area contributed by atoms with Crippen molar-refractivity contribution in [3.05, 3.63) is 61.2 Å². The summed E-state index contributed by atoms with van der Waals surface area (Å²) in [6, 6.07) is 8.84. The van der Waals surface area contributed by atoms with E-state index in [1.807, 2.05) is 44.2 Å². The summed E-state index contributed by atoms with van der Waals surface area (Å²) in [7, 11) is 0. The molecule has 0 aromatic heterocycles. The molecule has 8 nitrogen and oxygen atoms in total. The molecular formula is C30H40N2O6. The third-order valence-corrected chi connectivity index (χ3v) is 8.58. The Kier molecular flexibility index (Phi) is 8.43. The third kappa shape index (κ3) is 4.69. The van der Waals surface area contributed by atoms with Gasteiger partial charge in [-0.2, -0.15) is 0 Å². The Morgan fingerprint density at radius 1 is 1.21 bits per heavy atom. The summed E-state index contributed by atoms with van der Waals surface area (Å²) >= 11 is 0. The van der Waals surface area contributed by atoms with E-state index in [-0.39, 0.29) is 30.9 Å². The van der Waals surface area contributed by atoms with Gasteiger partial charge in [0, 0.05) is 26.2 Å². The van der Waals surface area contributed by atoms with Crippen LogP contribution in [-0.2, 0) is 30.4 Å². The lowest BCUT2D eigenvalue weighted by Gasteiger charge is -2.37. The van der Waals surface area contributed by atoms with Crippen molar-refractivity contribution in [1.29, 1.82) is 0 Å². The van der Waals surface area contributed by atoms with Gasteiger partial charge >= 0.3 is 5.97 Å². The summed E-state index contributed by atoms with van der Waals surface area (Å²) in [6.07, 6.45) is 5.66. The molecule has 2 bridgehead atoms. The number of esters is 1. The summed E-state index contributed by atoms with van der Waals surface area (Å²) in [6.45, 7) is 12.5. The van der Waals surface area contributed by atoms with Crippen molar-refractivity contribution in [2.75, 3.05) is 26.3 Å². The average molecular weight is 525 g/mol. The number of carbonyl (C=O) groups excluding carboxylic acids is 3. The van der Waals surface area contributed by atoms with Gasteiger partial charge in [0.05, 0.1) is 11.5 Å². The molecule has 0 aliphatic carbocycles. The minimum Gasteiger partial charge on any atom is -0.461 e. The molecule has 1 aromatic rings. The van der Waals surface area contributed by atoms with Crippen LogP contribution in [-0.4, -0.2) is 76.2 Å². The van der Waals surface area contributed by atoms with E-state index < -0.39 is 35.0 Å². The van der Waals surface area contributed by atoms with Crippen molar-refractivity contribution in [3.63, 3.8) is 0 Å². The predicted molar refractivity (Wildman–Crippen MR) is 143 cm³/mol. The lowest BCUT2D eigenvalue weighted by Crippen LogP contribution is -2.56. The first-order valence-corrected chi connectivity index (χ1v) is 13.6. The maximum Gasteiger partial charge on any atom is 0.313 e. The number of hydrogen-bond donors (Lipinski definition) is 1. The number of aliphatic hydroxyl groups is 1. The highest BCUT2D eigenvalue weighted by atomic mass is 16.6. The summed E-state index contributed by atoms with van der Waals surface area (Å²) in [5.41, 5.74) is -1.06. The molecule has 3 unspecified atom stereocenters. The van der Waals surface area contributed by atoms with E-state index in [9.17, 15) is 19.5 Å². The third-order valence-electron chi connectivity index (χ3n) is 8.58. The molecule has 38 heavy (non-hydrogen) atoms. The van der Waals surface area contributed by atoms with Gasteiger partial charge in [0.2, 0.25) is 11.8 Å². The molecule has 1 spiro atoms. The summed E-state index contributed by atoms with van der Waals surface area (Å²) in [4.78, 5) is 45.2. The quantitative estimate of drug-likeness (QED) is 0.242. The number of carbonyl (C=O) groups is 3. The number of unbranched alkanes of at least 4 members (excludes halogenated alkanes) is 2. The van der Waals surface area contributed by atoms with Crippen LogP contribution in [0.1, 0.15) is 45.1 Å². The smallest absolute Gasteiger partial charge is 0.313 e. The number of nitrogens with zero attached hydrogens (tertiary/aromatic N) is 2. The zero-order valence-electron chi connectivity index (χ0n) is 22.5. The summed E-state index contributed by atoms with van der Waals surface area (Å²) in [5, 5.41) is 9.23. The van der Waals surface area contributed by atoms with E-state index in [1.54, 1.807) is 15.9 Å². The van der Waals surface area contributed by atoms with Gasteiger partial charge in [-0.1, -0.05) is 56.0 Å². The highest BCUT2D eigenvalue weighted by Gasteiger charge is 2.80. The minimum atomic E-state index is -1.12. The number of aliphatic hydroxyl groups excluding tert-OH is 1. The lowest BCUT2D eigenvalue weighted by atomic mass is 9.62. The van der Waals surface area contributed by atoms with Crippen LogP contribution in [0.2, 0.25) is 0 Å². The summed E-state index contributed by atoms with van der Waals surface area (Å²) < 4.78 is 12.2. The van der Waals surface area contributed by atoms with Gasteiger partial charge in [-0.3, -0.25) is 14.4 Å². The molecule has 0 radical (unpaired) electrons. The molecule has 3 aliphatic rings.